The zero-order valence-corrected chi connectivity index (χ0v) is 14.5. The third-order valence-electron chi connectivity index (χ3n) is 4.76. The molecule has 0 spiro atoms. The van der Waals surface area contributed by atoms with Crippen molar-refractivity contribution in [1.29, 1.82) is 0 Å². The van der Waals surface area contributed by atoms with Crippen molar-refractivity contribution in [3.8, 4) is 0 Å². The van der Waals surface area contributed by atoms with Crippen LogP contribution < -0.4 is 0 Å². The van der Waals surface area contributed by atoms with Crippen LogP contribution in [0.15, 0.2) is 24.3 Å². The van der Waals surface area contributed by atoms with E-state index >= 15 is 0 Å². The van der Waals surface area contributed by atoms with Crippen LogP contribution in [0, 0.1) is 6.92 Å². The Kier molecular flexibility index (Phi) is 4.09. The van der Waals surface area contributed by atoms with Crippen molar-refractivity contribution in [3.05, 3.63) is 35.4 Å². The Bertz CT molecular complexity index is 930. The number of carbonyl (C=O) groups is 1. The maximum atomic E-state index is 12.1. The fourth-order valence-electron chi connectivity index (χ4n) is 3.42. The molecule has 1 aliphatic heterocycles. The number of aromatic nitrogens is 4. The summed E-state index contributed by atoms with van der Waals surface area (Å²) in [4.78, 5) is 14.0. The van der Waals surface area contributed by atoms with E-state index in [4.69, 9.17) is 4.74 Å². The summed E-state index contributed by atoms with van der Waals surface area (Å²) in [5, 5.41) is 13.2. The molecule has 25 heavy (non-hydrogen) atoms. The predicted octanol–water partition coefficient (Wildman–Crippen LogP) is 2.11. The first-order chi connectivity index (χ1) is 12.1. The number of benzene rings is 1. The van der Waals surface area contributed by atoms with Gasteiger partial charge in [0.2, 0.25) is 5.91 Å². The van der Waals surface area contributed by atoms with Crippen LogP contribution in [-0.4, -0.2) is 50.1 Å². The van der Waals surface area contributed by atoms with Crippen molar-refractivity contribution >= 4 is 22.5 Å². The monoisotopic (exact) mass is 339 g/mol. The largest absolute Gasteiger partial charge is 0.376 e. The molecule has 0 saturated carbocycles. The van der Waals surface area contributed by atoms with E-state index in [-0.39, 0.29) is 12.0 Å². The normalized spacial score (nSPS) is 17.4. The number of aryl methyl sites for hydroxylation is 1. The van der Waals surface area contributed by atoms with Crippen molar-refractivity contribution in [2.24, 2.45) is 0 Å². The molecule has 0 radical (unpaired) electrons. The topological polar surface area (TPSA) is 72.6 Å². The maximum Gasteiger partial charge on any atom is 0.219 e. The van der Waals surface area contributed by atoms with Gasteiger partial charge in [-0.3, -0.25) is 4.79 Å². The molecule has 0 unspecified atom stereocenters. The number of carbonyl (C=O) groups excluding carboxylic acids is 1. The van der Waals surface area contributed by atoms with Crippen LogP contribution in [0.1, 0.15) is 30.9 Å². The van der Waals surface area contributed by atoms with Crippen LogP contribution in [0.4, 0.5) is 0 Å². The molecule has 3 aromatic rings. The van der Waals surface area contributed by atoms with Crippen LogP contribution in [0.25, 0.3) is 16.6 Å². The predicted molar refractivity (Wildman–Crippen MR) is 93.1 cm³/mol. The first kappa shape index (κ1) is 16.0. The molecule has 130 valence electrons. The Morgan fingerprint density at radius 1 is 1.40 bits per heavy atom. The molecular weight excluding hydrogens is 318 g/mol. The van der Waals surface area contributed by atoms with Gasteiger partial charge in [0.05, 0.1) is 11.6 Å². The van der Waals surface area contributed by atoms with E-state index in [1.165, 1.54) is 0 Å². The lowest BCUT2D eigenvalue weighted by atomic mass is 10.1. The van der Waals surface area contributed by atoms with Gasteiger partial charge >= 0.3 is 0 Å². The van der Waals surface area contributed by atoms with E-state index in [1.54, 1.807) is 11.4 Å². The Balaban J connectivity index is 1.72. The highest BCUT2D eigenvalue weighted by atomic mass is 16.5. The van der Waals surface area contributed by atoms with Gasteiger partial charge in [-0.1, -0.05) is 12.1 Å². The highest BCUT2D eigenvalue weighted by Crippen LogP contribution is 2.22. The van der Waals surface area contributed by atoms with Gasteiger partial charge in [0.1, 0.15) is 0 Å². The van der Waals surface area contributed by atoms with E-state index in [0.717, 1.165) is 41.5 Å². The number of nitrogens with zero attached hydrogens (tertiary/aromatic N) is 5. The summed E-state index contributed by atoms with van der Waals surface area (Å²) in [6.45, 7) is 5.50. The lowest BCUT2D eigenvalue weighted by Gasteiger charge is -2.24. The van der Waals surface area contributed by atoms with Gasteiger partial charge in [0.15, 0.2) is 5.65 Å². The summed E-state index contributed by atoms with van der Waals surface area (Å²) >= 11 is 0. The van der Waals surface area contributed by atoms with Crippen LogP contribution in [-0.2, 0) is 16.1 Å². The van der Waals surface area contributed by atoms with Crippen LogP contribution in [0.3, 0.4) is 0 Å². The molecule has 7 heteroatoms. The average Bonchev–Trinajstić information content (AvgIpc) is 3.26. The lowest BCUT2D eigenvalue weighted by Crippen LogP contribution is -2.35. The van der Waals surface area contributed by atoms with Gasteiger partial charge in [-0.05, 0) is 47.9 Å². The summed E-state index contributed by atoms with van der Waals surface area (Å²) in [5.41, 5.74) is 3.75. The standard InChI is InChI=1S/C18H21N5O2/c1-12-5-6-14-9-15(18-19-20-21-23(18)17(14)8-12)10-22(13(2)24)11-16-4-3-7-25-16/h5-6,8-9,16H,3-4,7,10-11H2,1-2H3/t16-/m1/s1. The summed E-state index contributed by atoms with van der Waals surface area (Å²) in [6.07, 6.45) is 2.19. The van der Waals surface area contributed by atoms with E-state index < -0.39 is 0 Å². The highest BCUT2D eigenvalue weighted by Gasteiger charge is 2.22. The second-order valence-electron chi connectivity index (χ2n) is 6.68. The van der Waals surface area contributed by atoms with E-state index in [1.807, 2.05) is 11.8 Å². The number of pyridine rings is 1. The number of tetrazole rings is 1. The third kappa shape index (κ3) is 3.07. The third-order valence-corrected chi connectivity index (χ3v) is 4.76. The minimum atomic E-state index is 0.0325. The van der Waals surface area contributed by atoms with Crippen molar-refractivity contribution < 1.29 is 9.53 Å². The van der Waals surface area contributed by atoms with E-state index in [0.29, 0.717) is 18.7 Å². The zero-order valence-electron chi connectivity index (χ0n) is 14.5. The SMILES string of the molecule is CC(=O)N(Cc1cc2ccc(C)cc2n2nnnc12)C[C@H]1CCCO1. The fourth-order valence-corrected chi connectivity index (χ4v) is 3.42. The van der Waals surface area contributed by atoms with Crippen LogP contribution in [0.5, 0.6) is 0 Å². The number of hydrogen-bond acceptors (Lipinski definition) is 5. The first-order valence-electron chi connectivity index (χ1n) is 8.59. The molecule has 1 amide bonds. The number of ether oxygens (including phenoxy) is 1. The van der Waals surface area contributed by atoms with Crippen molar-refractivity contribution in [2.75, 3.05) is 13.2 Å². The van der Waals surface area contributed by atoms with Crippen molar-refractivity contribution in [3.63, 3.8) is 0 Å². The molecule has 1 atom stereocenters. The lowest BCUT2D eigenvalue weighted by molar-refractivity contribution is -0.131. The number of fused-ring (bicyclic) bond motifs is 3. The van der Waals surface area contributed by atoms with Crippen LogP contribution >= 0.6 is 0 Å². The van der Waals surface area contributed by atoms with Gasteiger partial charge in [0, 0.05) is 37.6 Å². The maximum absolute atomic E-state index is 12.1. The molecule has 1 aliphatic rings. The van der Waals surface area contributed by atoms with Gasteiger partial charge in [0.25, 0.3) is 0 Å². The van der Waals surface area contributed by atoms with Gasteiger partial charge in [-0.15, -0.1) is 5.10 Å². The quantitative estimate of drug-likeness (QED) is 0.728. The molecule has 4 rings (SSSR count). The Morgan fingerprint density at radius 2 is 2.28 bits per heavy atom. The molecular formula is C18H21N5O2. The molecule has 1 saturated heterocycles. The summed E-state index contributed by atoms with van der Waals surface area (Å²) in [6, 6.07) is 8.27. The van der Waals surface area contributed by atoms with Crippen LogP contribution in [0.2, 0.25) is 0 Å². The first-order valence-corrected chi connectivity index (χ1v) is 8.59. The minimum absolute atomic E-state index is 0.0325. The zero-order chi connectivity index (χ0) is 17.4. The van der Waals surface area contributed by atoms with Crippen molar-refractivity contribution in [2.45, 2.75) is 39.3 Å². The second-order valence-corrected chi connectivity index (χ2v) is 6.68. The number of hydrogen-bond donors (Lipinski definition) is 0. The van der Waals surface area contributed by atoms with Gasteiger partial charge in [-0.25, -0.2) is 0 Å². The van der Waals surface area contributed by atoms with Crippen molar-refractivity contribution in [1.82, 2.24) is 24.9 Å². The van der Waals surface area contributed by atoms with Gasteiger partial charge in [-0.2, -0.15) is 4.52 Å². The number of amides is 1. The van der Waals surface area contributed by atoms with E-state index in [2.05, 4.69) is 39.8 Å². The highest BCUT2D eigenvalue weighted by molar-refractivity contribution is 5.84. The molecule has 0 bridgehead atoms. The second kappa shape index (κ2) is 6.40. The molecule has 2 aromatic heterocycles. The summed E-state index contributed by atoms with van der Waals surface area (Å²) in [7, 11) is 0. The molecule has 0 N–H and O–H groups in total. The van der Waals surface area contributed by atoms with E-state index in [9.17, 15) is 4.79 Å². The van der Waals surface area contributed by atoms with Gasteiger partial charge < -0.3 is 9.64 Å². The minimum Gasteiger partial charge on any atom is -0.376 e. The molecule has 0 aliphatic carbocycles. The molecule has 1 aromatic carbocycles. The summed E-state index contributed by atoms with van der Waals surface area (Å²) < 4.78 is 7.44. The Hall–Kier alpha value is -2.54. The molecule has 1 fully saturated rings. The summed E-state index contributed by atoms with van der Waals surface area (Å²) in [5.74, 6) is 0.0325. The molecule has 3 heterocycles. The molecule has 7 nitrogen and oxygen atoms in total. The number of rotatable bonds is 4. The smallest absolute Gasteiger partial charge is 0.219 e. The average molecular weight is 339 g/mol. The Morgan fingerprint density at radius 3 is 3.04 bits per heavy atom. The fraction of sp³-hybridized carbons (Fsp3) is 0.444. The Labute approximate surface area is 145 Å².